The molecule has 3 unspecified atom stereocenters. The third-order valence-electron chi connectivity index (χ3n) is 5.84. The van der Waals surface area contributed by atoms with Crippen LogP contribution in [0.2, 0.25) is 0 Å². The van der Waals surface area contributed by atoms with E-state index in [1.54, 1.807) is 0 Å². The standard InChI is InChI=1S/C17H35NO/c1-7-14(8-2)18(6)15-12-13(10-11-16(15)19)17(4,5)9-3/h13-16,19H,7-12H2,1-6H3. The molecular weight excluding hydrogens is 234 g/mol. The van der Waals surface area contributed by atoms with Gasteiger partial charge in [-0.25, -0.2) is 0 Å². The maximum absolute atomic E-state index is 10.4. The lowest BCUT2D eigenvalue weighted by Crippen LogP contribution is -2.51. The molecule has 2 nitrogen and oxygen atoms in total. The summed E-state index contributed by atoms with van der Waals surface area (Å²) in [7, 11) is 2.22. The van der Waals surface area contributed by atoms with E-state index in [0.29, 0.717) is 17.5 Å². The topological polar surface area (TPSA) is 23.5 Å². The van der Waals surface area contributed by atoms with Crippen molar-refractivity contribution in [3.05, 3.63) is 0 Å². The Bertz CT molecular complexity index is 260. The average molecular weight is 269 g/mol. The van der Waals surface area contributed by atoms with Crippen molar-refractivity contribution >= 4 is 0 Å². The Morgan fingerprint density at radius 3 is 2.21 bits per heavy atom. The molecule has 1 N–H and O–H groups in total. The van der Waals surface area contributed by atoms with Gasteiger partial charge in [-0.15, -0.1) is 0 Å². The number of aliphatic hydroxyl groups is 1. The van der Waals surface area contributed by atoms with Gasteiger partial charge in [-0.05, 0) is 50.5 Å². The molecule has 0 saturated heterocycles. The normalized spacial score (nSPS) is 29.2. The third kappa shape index (κ3) is 3.95. The molecule has 2 heteroatoms. The van der Waals surface area contributed by atoms with Crippen LogP contribution < -0.4 is 0 Å². The Morgan fingerprint density at radius 2 is 1.74 bits per heavy atom. The van der Waals surface area contributed by atoms with Crippen LogP contribution in [0.15, 0.2) is 0 Å². The fourth-order valence-corrected chi connectivity index (χ4v) is 3.70. The van der Waals surface area contributed by atoms with Crippen LogP contribution in [0.1, 0.15) is 73.1 Å². The minimum absolute atomic E-state index is 0.130. The molecule has 1 saturated carbocycles. The van der Waals surface area contributed by atoms with Crippen molar-refractivity contribution < 1.29 is 5.11 Å². The average Bonchev–Trinajstić information content (AvgIpc) is 2.40. The Balaban J connectivity index is 2.76. The minimum Gasteiger partial charge on any atom is -0.391 e. The minimum atomic E-state index is -0.130. The van der Waals surface area contributed by atoms with Gasteiger partial charge in [0, 0.05) is 12.1 Å². The van der Waals surface area contributed by atoms with E-state index in [2.05, 4.69) is 46.6 Å². The molecule has 0 amide bonds. The molecule has 0 aliphatic heterocycles. The lowest BCUT2D eigenvalue weighted by atomic mass is 9.67. The van der Waals surface area contributed by atoms with Crippen molar-refractivity contribution in [3.8, 4) is 0 Å². The highest BCUT2D eigenvalue weighted by Gasteiger charge is 2.39. The number of aliphatic hydroxyl groups excluding tert-OH is 1. The smallest absolute Gasteiger partial charge is 0.0695 e. The summed E-state index contributed by atoms with van der Waals surface area (Å²) in [5.41, 5.74) is 0.410. The molecule has 1 aliphatic carbocycles. The first-order chi connectivity index (χ1) is 8.87. The van der Waals surface area contributed by atoms with Crippen LogP contribution in [0.4, 0.5) is 0 Å². The molecule has 1 aliphatic rings. The van der Waals surface area contributed by atoms with E-state index < -0.39 is 0 Å². The van der Waals surface area contributed by atoms with Gasteiger partial charge >= 0.3 is 0 Å². The number of rotatable bonds is 6. The summed E-state index contributed by atoms with van der Waals surface area (Å²) < 4.78 is 0. The molecule has 0 aromatic carbocycles. The largest absolute Gasteiger partial charge is 0.391 e. The van der Waals surface area contributed by atoms with Gasteiger partial charge in [-0.1, -0.05) is 41.0 Å². The molecule has 114 valence electrons. The van der Waals surface area contributed by atoms with Gasteiger partial charge in [0.1, 0.15) is 0 Å². The van der Waals surface area contributed by atoms with Crippen LogP contribution >= 0.6 is 0 Å². The highest BCUT2D eigenvalue weighted by Crippen LogP contribution is 2.42. The van der Waals surface area contributed by atoms with E-state index in [9.17, 15) is 5.11 Å². The van der Waals surface area contributed by atoms with Crippen LogP contribution in [0.25, 0.3) is 0 Å². The lowest BCUT2D eigenvalue weighted by molar-refractivity contribution is -0.0270. The first-order valence-corrected chi connectivity index (χ1v) is 8.27. The second-order valence-corrected chi connectivity index (χ2v) is 7.12. The van der Waals surface area contributed by atoms with Crippen molar-refractivity contribution in [3.63, 3.8) is 0 Å². The summed E-state index contributed by atoms with van der Waals surface area (Å²) in [5, 5.41) is 10.4. The SMILES string of the molecule is CCC(CC)N(C)C1CC(C(C)(C)CC)CCC1O. The summed E-state index contributed by atoms with van der Waals surface area (Å²) in [6, 6.07) is 0.970. The monoisotopic (exact) mass is 269 g/mol. The van der Waals surface area contributed by atoms with Gasteiger partial charge < -0.3 is 5.11 Å². The molecule has 0 heterocycles. The van der Waals surface area contributed by atoms with E-state index in [4.69, 9.17) is 0 Å². The number of hydrogen-bond acceptors (Lipinski definition) is 2. The molecule has 19 heavy (non-hydrogen) atoms. The van der Waals surface area contributed by atoms with E-state index in [1.165, 1.54) is 25.7 Å². The van der Waals surface area contributed by atoms with Crippen molar-refractivity contribution in [2.75, 3.05) is 7.05 Å². The van der Waals surface area contributed by atoms with Gasteiger partial charge in [0.15, 0.2) is 0 Å². The second-order valence-electron chi connectivity index (χ2n) is 7.12. The van der Waals surface area contributed by atoms with Crippen LogP contribution in [0.5, 0.6) is 0 Å². The summed E-state index contributed by atoms with van der Waals surface area (Å²) in [4.78, 5) is 2.46. The van der Waals surface area contributed by atoms with Crippen molar-refractivity contribution in [2.24, 2.45) is 11.3 Å². The predicted molar refractivity (Wildman–Crippen MR) is 83.3 cm³/mol. The third-order valence-corrected chi connectivity index (χ3v) is 5.84. The number of hydrogen-bond donors (Lipinski definition) is 1. The summed E-state index contributed by atoms with van der Waals surface area (Å²) in [5.74, 6) is 0.753. The van der Waals surface area contributed by atoms with E-state index in [-0.39, 0.29) is 6.10 Å². The van der Waals surface area contributed by atoms with Gasteiger partial charge in [-0.2, -0.15) is 0 Å². The maximum atomic E-state index is 10.4. The fourth-order valence-electron chi connectivity index (χ4n) is 3.70. The van der Waals surface area contributed by atoms with Gasteiger partial charge in [0.05, 0.1) is 6.10 Å². The molecule has 0 bridgehead atoms. The molecular formula is C17H35NO. The molecule has 0 aromatic heterocycles. The lowest BCUT2D eigenvalue weighted by Gasteiger charge is -2.46. The highest BCUT2D eigenvalue weighted by atomic mass is 16.3. The van der Waals surface area contributed by atoms with Crippen LogP contribution in [-0.2, 0) is 0 Å². The fraction of sp³-hybridized carbons (Fsp3) is 1.00. The Morgan fingerprint density at radius 1 is 1.16 bits per heavy atom. The van der Waals surface area contributed by atoms with Crippen LogP contribution in [0.3, 0.4) is 0 Å². The van der Waals surface area contributed by atoms with Gasteiger partial charge in [-0.3, -0.25) is 4.90 Å². The summed E-state index contributed by atoms with van der Waals surface area (Å²) in [6.45, 7) is 11.6. The van der Waals surface area contributed by atoms with E-state index in [1.807, 2.05) is 0 Å². The first-order valence-electron chi connectivity index (χ1n) is 8.27. The molecule has 1 fully saturated rings. The Kier molecular flexibility index (Phi) is 6.32. The maximum Gasteiger partial charge on any atom is 0.0695 e. The molecule has 0 spiro atoms. The number of nitrogens with zero attached hydrogens (tertiary/aromatic N) is 1. The summed E-state index contributed by atoms with van der Waals surface area (Å²) in [6.07, 6.45) is 6.79. The predicted octanol–water partition coefficient (Wildman–Crippen LogP) is 4.07. The zero-order valence-electron chi connectivity index (χ0n) is 13.9. The van der Waals surface area contributed by atoms with Crippen molar-refractivity contribution in [1.29, 1.82) is 0 Å². The molecule has 3 atom stereocenters. The summed E-state index contributed by atoms with van der Waals surface area (Å²) >= 11 is 0. The zero-order chi connectivity index (χ0) is 14.6. The van der Waals surface area contributed by atoms with Gasteiger partial charge in [0.25, 0.3) is 0 Å². The van der Waals surface area contributed by atoms with Crippen molar-refractivity contribution in [1.82, 2.24) is 4.90 Å². The Labute approximate surface area is 120 Å². The molecule has 1 rings (SSSR count). The second kappa shape index (κ2) is 7.08. The quantitative estimate of drug-likeness (QED) is 0.785. The Hall–Kier alpha value is -0.0800. The van der Waals surface area contributed by atoms with E-state index in [0.717, 1.165) is 18.8 Å². The van der Waals surface area contributed by atoms with Crippen LogP contribution in [-0.4, -0.2) is 35.2 Å². The van der Waals surface area contributed by atoms with Crippen molar-refractivity contribution in [2.45, 2.75) is 91.3 Å². The molecule has 0 radical (unpaired) electrons. The molecule has 0 aromatic rings. The number of likely N-dealkylation sites (N-methyl/N-ethyl adjacent to an activating group) is 1. The van der Waals surface area contributed by atoms with E-state index >= 15 is 0 Å². The zero-order valence-corrected chi connectivity index (χ0v) is 13.9. The highest BCUT2D eigenvalue weighted by molar-refractivity contribution is 4.92. The van der Waals surface area contributed by atoms with Gasteiger partial charge in [0.2, 0.25) is 0 Å². The first kappa shape index (κ1) is 17.0. The van der Waals surface area contributed by atoms with Crippen LogP contribution in [0, 0.1) is 11.3 Å².